The van der Waals surface area contributed by atoms with Crippen LogP contribution < -0.4 is 5.32 Å². The number of rotatable bonds is 6. The highest BCUT2D eigenvalue weighted by Crippen LogP contribution is 2.52. The smallest absolute Gasteiger partial charge is 0.240 e. The van der Waals surface area contributed by atoms with Gasteiger partial charge in [-0.25, -0.2) is 0 Å². The number of hydrogen-bond donors (Lipinski definition) is 1. The Kier molecular flexibility index (Phi) is 5.42. The summed E-state index contributed by atoms with van der Waals surface area (Å²) in [7, 11) is 0. The van der Waals surface area contributed by atoms with Crippen molar-refractivity contribution >= 4 is 17.7 Å². The number of fused-ring (bicyclic) bond motifs is 5. The molecule has 2 aliphatic heterocycles. The second-order valence-corrected chi connectivity index (χ2v) is 9.84. The van der Waals surface area contributed by atoms with E-state index in [1.54, 1.807) is 0 Å². The van der Waals surface area contributed by atoms with Gasteiger partial charge in [0.15, 0.2) is 0 Å². The first-order valence-electron chi connectivity index (χ1n) is 11.6. The fourth-order valence-electron chi connectivity index (χ4n) is 5.97. The van der Waals surface area contributed by atoms with Gasteiger partial charge in [0, 0.05) is 19.6 Å². The van der Waals surface area contributed by atoms with E-state index in [1.807, 2.05) is 12.1 Å². The van der Waals surface area contributed by atoms with Gasteiger partial charge in [0.2, 0.25) is 17.7 Å². The highest BCUT2D eigenvalue weighted by atomic mass is 16.2. The number of hydrogen-bond acceptors (Lipinski definition) is 4. The lowest BCUT2D eigenvalue weighted by atomic mass is 9.85. The zero-order valence-electron chi connectivity index (χ0n) is 18.1. The van der Waals surface area contributed by atoms with Crippen molar-refractivity contribution in [2.75, 3.05) is 19.6 Å². The first kappa shape index (κ1) is 20.4. The summed E-state index contributed by atoms with van der Waals surface area (Å²) >= 11 is 0. The molecule has 0 radical (unpaired) electrons. The highest BCUT2D eigenvalue weighted by Gasteiger charge is 2.59. The summed E-state index contributed by atoms with van der Waals surface area (Å²) in [4.78, 5) is 41.5. The summed E-state index contributed by atoms with van der Waals surface area (Å²) in [6, 6.07) is 8.34. The van der Waals surface area contributed by atoms with Gasteiger partial charge in [-0.1, -0.05) is 43.3 Å². The fourth-order valence-corrected chi connectivity index (χ4v) is 5.97. The number of imide groups is 1. The quantitative estimate of drug-likeness (QED) is 0.566. The minimum absolute atomic E-state index is 0.168. The highest BCUT2D eigenvalue weighted by molar-refractivity contribution is 6.08. The molecule has 164 valence electrons. The van der Waals surface area contributed by atoms with Crippen molar-refractivity contribution in [3.63, 3.8) is 0 Å². The normalized spacial score (nSPS) is 32.0. The van der Waals surface area contributed by atoms with Gasteiger partial charge in [0.05, 0.1) is 11.8 Å². The summed E-state index contributed by atoms with van der Waals surface area (Å²) in [5.41, 5.74) is 2.30. The zero-order valence-corrected chi connectivity index (χ0v) is 18.1. The third-order valence-corrected chi connectivity index (χ3v) is 7.52. The number of allylic oxidation sites excluding steroid dienone is 2. The molecule has 5 rings (SSSR count). The number of carbonyl (C=O) groups excluding carboxylic acids is 3. The number of nitrogens with one attached hydrogen (secondary N) is 1. The standard InChI is InChI=1S/C25H31N3O3/c1-16-3-2-10-27(13-16)14-18-6-4-17(5-7-18)12-26-21(29)15-28-24(30)22-19-8-9-20(11-19)23(22)25(28)31/h4-9,16,19-20,22-23H,2-3,10-15H2,1H3,(H,26,29)/t16-,19+,20+,22-,23+/m1/s1. The molecular formula is C25H31N3O3. The SMILES string of the molecule is C[C@@H]1CCCN(Cc2ccc(CNC(=O)CN3C(=O)[C@@H]4[C@H](C3=O)[C@H]3C=C[C@H]4C3)cc2)C1. The van der Waals surface area contributed by atoms with Gasteiger partial charge in [-0.3, -0.25) is 24.2 Å². The van der Waals surface area contributed by atoms with E-state index < -0.39 is 0 Å². The molecule has 0 spiro atoms. The van der Waals surface area contributed by atoms with Gasteiger partial charge >= 0.3 is 0 Å². The van der Waals surface area contributed by atoms with E-state index in [4.69, 9.17) is 0 Å². The van der Waals surface area contributed by atoms with E-state index in [0.717, 1.165) is 37.5 Å². The van der Waals surface area contributed by atoms with Gasteiger partial charge in [-0.2, -0.15) is 0 Å². The first-order valence-corrected chi connectivity index (χ1v) is 11.6. The number of likely N-dealkylation sites (tertiary alicyclic amines) is 2. The zero-order chi connectivity index (χ0) is 21.5. The Bertz CT molecular complexity index is 879. The summed E-state index contributed by atoms with van der Waals surface area (Å²) in [6.07, 6.45) is 7.63. The summed E-state index contributed by atoms with van der Waals surface area (Å²) in [5, 5.41) is 2.87. The van der Waals surface area contributed by atoms with Crippen molar-refractivity contribution in [2.24, 2.45) is 29.6 Å². The molecule has 3 amide bonds. The van der Waals surface area contributed by atoms with Crippen LogP contribution in [0.25, 0.3) is 0 Å². The lowest BCUT2D eigenvalue weighted by Crippen LogP contribution is -2.41. The molecule has 1 aromatic carbocycles. The lowest BCUT2D eigenvalue weighted by Gasteiger charge is -2.30. The van der Waals surface area contributed by atoms with Crippen molar-refractivity contribution in [1.29, 1.82) is 0 Å². The molecule has 1 aromatic rings. The number of benzene rings is 1. The first-order chi connectivity index (χ1) is 15.0. The molecule has 31 heavy (non-hydrogen) atoms. The van der Waals surface area contributed by atoms with Gasteiger partial charge in [0.1, 0.15) is 6.54 Å². The molecule has 1 saturated carbocycles. The van der Waals surface area contributed by atoms with Crippen LogP contribution in [0.1, 0.15) is 37.3 Å². The van der Waals surface area contributed by atoms with Crippen molar-refractivity contribution in [3.05, 3.63) is 47.5 Å². The number of amides is 3. The fraction of sp³-hybridized carbons (Fsp3) is 0.560. The minimum atomic E-state index is -0.284. The molecule has 5 atom stereocenters. The average molecular weight is 422 g/mol. The van der Waals surface area contributed by atoms with Crippen molar-refractivity contribution < 1.29 is 14.4 Å². The molecule has 0 unspecified atom stereocenters. The molecular weight excluding hydrogens is 390 g/mol. The molecule has 2 bridgehead atoms. The van der Waals surface area contributed by atoms with Crippen LogP contribution in [0.4, 0.5) is 0 Å². The van der Waals surface area contributed by atoms with E-state index in [0.29, 0.717) is 6.54 Å². The Labute approximate surface area is 183 Å². The van der Waals surface area contributed by atoms with Gasteiger partial charge in [-0.05, 0) is 54.7 Å². The number of piperidine rings is 1. The summed E-state index contributed by atoms with van der Waals surface area (Å²) in [5.74, 6) is 0.00236. The molecule has 3 fully saturated rings. The summed E-state index contributed by atoms with van der Waals surface area (Å²) < 4.78 is 0. The maximum absolute atomic E-state index is 12.7. The second kappa shape index (κ2) is 8.23. The van der Waals surface area contributed by atoms with E-state index in [9.17, 15) is 14.4 Å². The van der Waals surface area contributed by atoms with Crippen molar-refractivity contribution in [1.82, 2.24) is 15.1 Å². The van der Waals surface area contributed by atoms with Crippen LogP contribution in [0.15, 0.2) is 36.4 Å². The minimum Gasteiger partial charge on any atom is -0.350 e. The van der Waals surface area contributed by atoms with E-state index in [-0.39, 0.29) is 47.9 Å². The predicted molar refractivity (Wildman–Crippen MR) is 116 cm³/mol. The Morgan fingerprint density at radius 2 is 1.68 bits per heavy atom. The van der Waals surface area contributed by atoms with E-state index in [1.165, 1.54) is 23.3 Å². The van der Waals surface area contributed by atoms with Crippen LogP contribution in [0.2, 0.25) is 0 Å². The predicted octanol–water partition coefficient (Wildman–Crippen LogP) is 2.34. The molecule has 6 heteroatoms. The largest absolute Gasteiger partial charge is 0.350 e. The third-order valence-electron chi connectivity index (χ3n) is 7.52. The molecule has 2 heterocycles. The average Bonchev–Trinajstić information content (AvgIpc) is 3.44. The molecule has 6 nitrogen and oxygen atoms in total. The van der Waals surface area contributed by atoms with Crippen LogP contribution in [-0.2, 0) is 27.5 Å². The van der Waals surface area contributed by atoms with E-state index in [2.05, 4.69) is 41.4 Å². The summed E-state index contributed by atoms with van der Waals surface area (Å²) in [6.45, 7) is 5.83. The van der Waals surface area contributed by atoms with E-state index >= 15 is 0 Å². The Balaban J connectivity index is 1.11. The molecule has 0 aromatic heterocycles. The van der Waals surface area contributed by atoms with Crippen LogP contribution in [0, 0.1) is 29.6 Å². The third kappa shape index (κ3) is 3.93. The topological polar surface area (TPSA) is 69.7 Å². The number of carbonyl (C=O) groups is 3. The van der Waals surface area contributed by atoms with Crippen molar-refractivity contribution in [3.8, 4) is 0 Å². The van der Waals surface area contributed by atoms with Crippen LogP contribution >= 0.6 is 0 Å². The van der Waals surface area contributed by atoms with Gasteiger partial charge in [-0.15, -0.1) is 0 Å². The van der Waals surface area contributed by atoms with Gasteiger partial charge < -0.3 is 5.32 Å². The maximum atomic E-state index is 12.7. The van der Waals surface area contributed by atoms with Crippen LogP contribution in [0.3, 0.4) is 0 Å². The van der Waals surface area contributed by atoms with Crippen molar-refractivity contribution in [2.45, 2.75) is 39.3 Å². The Morgan fingerprint density at radius 3 is 2.32 bits per heavy atom. The van der Waals surface area contributed by atoms with Crippen LogP contribution in [-0.4, -0.2) is 47.2 Å². The molecule has 1 N–H and O–H groups in total. The molecule has 2 saturated heterocycles. The maximum Gasteiger partial charge on any atom is 0.240 e. The Morgan fingerprint density at radius 1 is 1.03 bits per heavy atom. The lowest BCUT2D eigenvalue weighted by molar-refractivity contribution is -0.144. The monoisotopic (exact) mass is 421 g/mol. The molecule has 2 aliphatic carbocycles. The molecule has 4 aliphatic rings. The van der Waals surface area contributed by atoms with Gasteiger partial charge in [0.25, 0.3) is 0 Å². The second-order valence-electron chi connectivity index (χ2n) is 9.84. The Hall–Kier alpha value is -2.47. The van der Waals surface area contributed by atoms with Crippen LogP contribution in [0.5, 0.6) is 0 Å². The number of nitrogens with zero attached hydrogens (tertiary/aromatic N) is 2.